The summed E-state index contributed by atoms with van der Waals surface area (Å²) in [5, 5.41) is 11.2. The van der Waals surface area contributed by atoms with Crippen LogP contribution in [-0.4, -0.2) is 61.5 Å². The summed E-state index contributed by atoms with van der Waals surface area (Å²) in [5.41, 5.74) is 0. The second-order valence-corrected chi connectivity index (χ2v) is 3.76. The SMILES string of the molecule is CNC(=O)C(C)N1CCN(CC#N)CC1. The van der Waals surface area contributed by atoms with E-state index in [1.807, 2.05) is 6.92 Å². The normalized spacial score (nSPS) is 20.6. The van der Waals surface area contributed by atoms with Crippen LogP contribution in [0.25, 0.3) is 0 Å². The lowest BCUT2D eigenvalue weighted by Gasteiger charge is -2.36. The zero-order valence-electron chi connectivity index (χ0n) is 9.36. The van der Waals surface area contributed by atoms with E-state index >= 15 is 0 Å². The number of piperazine rings is 1. The van der Waals surface area contributed by atoms with Gasteiger partial charge in [0, 0.05) is 33.2 Å². The molecule has 1 amide bonds. The summed E-state index contributed by atoms with van der Waals surface area (Å²) < 4.78 is 0. The first-order valence-corrected chi connectivity index (χ1v) is 5.24. The molecule has 0 aliphatic carbocycles. The molecular formula is C10H18N4O. The van der Waals surface area contributed by atoms with Gasteiger partial charge >= 0.3 is 0 Å². The van der Waals surface area contributed by atoms with Gasteiger partial charge in [0.15, 0.2) is 0 Å². The van der Waals surface area contributed by atoms with E-state index in [0.29, 0.717) is 6.54 Å². The third kappa shape index (κ3) is 3.18. The molecular weight excluding hydrogens is 192 g/mol. The molecule has 84 valence electrons. The summed E-state index contributed by atoms with van der Waals surface area (Å²) >= 11 is 0. The fraction of sp³-hybridized carbons (Fsp3) is 0.800. The van der Waals surface area contributed by atoms with Gasteiger partial charge in [-0.15, -0.1) is 0 Å². The van der Waals surface area contributed by atoms with Crippen molar-refractivity contribution in [2.24, 2.45) is 0 Å². The maximum Gasteiger partial charge on any atom is 0.236 e. The van der Waals surface area contributed by atoms with Crippen LogP contribution in [0, 0.1) is 11.3 Å². The molecule has 0 aromatic rings. The standard InChI is InChI=1S/C10H18N4O/c1-9(10(15)12-2)14-7-5-13(4-3-11)6-8-14/h9H,4-8H2,1-2H3,(H,12,15). The molecule has 0 bridgehead atoms. The van der Waals surface area contributed by atoms with Crippen LogP contribution in [0.5, 0.6) is 0 Å². The summed E-state index contributed by atoms with van der Waals surface area (Å²) in [6.07, 6.45) is 0. The largest absolute Gasteiger partial charge is 0.358 e. The Morgan fingerprint density at radius 2 is 2.07 bits per heavy atom. The third-order valence-corrected chi connectivity index (χ3v) is 2.87. The van der Waals surface area contributed by atoms with E-state index in [4.69, 9.17) is 5.26 Å². The van der Waals surface area contributed by atoms with E-state index in [-0.39, 0.29) is 11.9 Å². The molecule has 1 aliphatic rings. The zero-order chi connectivity index (χ0) is 11.3. The maximum absolute atomic E-state index is 11.4. The minimum atomic E-state index is -0.0702. The fourth-order valence-electron chi connectivity index (χ4n) is 1.78. The highest BCUT2D eigenvalue weighted by atomic mass is 16.2. The molecule has 1 N–H and O–H groups in total. The number of amides is 1. The predicted molar refractivity (Wildman–Crippen MR) is 57.2 cm³/mol. The Kier molecular flexibility index (Phi) is 4.53. The van der Waals surface area contributed by atoms with E-state index in [2.05, 4.69) is 21.2 Å². The first-order chi connectivity index (χ1) is 7.19. The quantitative estimate of drug-likeness (QED) is 0.623. The molecule has 0 radical (unpaired) electrons. The Balaban J connectivity index is 2.37. The number of carbonyl (C=O) groups excluding carboxylic acids is 1. The van der Waals surface area contributed by atoms with E-state index in [9.17, 15) is 4.79 Å². The first-order valence-electron chi connectivity index (χ1n) is 5.24. The van der Waals surface area contributed by atoms with Crippen LogP contribution < -0.4 is 5.32 Å². The van der Waals surface area contributed by atoms with Gasteiger partial charge in [-0.05, 0) is 6.92 Å². The number of carbonyl (C=O) groups is 1. The van der Waals surface area contributed by atoms with Gasteiger partial charge in [-0.25, -0.2) is 0 Å². The van der Waals surface area contributed by atoms with Crippen LogP contribution in [0.2, 0.25) is 0 Å². The van der Waals surface area contributed by atoms with Crippen molar-refractivity contribution in [3.05, 3.63) is 0 Å². The predicted octanol–water partition coefficient (Wildman–Crippen LogP) is -0.738. The smallest absolute Gasteiger partial charge is 0.236 e. The lowest BCUT2D eigenvalue weighted by atomic mass is 10.2. The second-order valence-electron chi connectivity index (χ2n) is 3.76. The van der Waals surface area contributed by atoms with Gasteiger partial charge in [-0.3, -0.25) is 14.6 Å². The Hall–Kier alpha value is -1.12. The summed E-state index contributed by atoms with van der Waals surface area (Å²) in [6.45, 7) is 5.86. The van der Waals surface area contributed by atoms with Crippen LogP contribution in [-0.2, 0) is 4.79 Å². The number of rotatable bonds is 3. The van der Waals surface area contributed by atoms with E-state index in [1.165, 1.54) is 0 Å². The van der Waals surface area contributed by atoms with Gasteiger partial charge in [0.2, 0.25) is 5.91 Å². The van der Waals surface area contributed by atoms with Gasteiger partial charge in [0.25, 0.3) is 0 Å². The zero-order valence-corrected chi connectivity index (χ0v) is 9.36. The molecule has 1 fully saturated rings. The van der Waals surface area contributed by atoms with Gasteiger partial charge in [-0.1, -0.05) is 0 Å². The molecule has 1 saturated heterocycles. The molecule has 5 heteroatoms. The van der Waals surface area contributed by atoms with Gasteiger partial charge < -0.3 is 5.32 Å². The van der Waals surface area contributed by atoms with E-state index in [1.54, 1.807) is 7.05 Å². The van der Waals surface area contributed by atoms with E-state index in [0.717, 1.165) is 26.2 Å². The van der Waals surface area contributed by atoms with Crippen molar-refractivity contribution < 1.29 is 4.79 Å². The molecule has 0 aromatic heterocycles. The van der Waals surface area contributed by atoms with Crippen molar-refractivity contribution in [1.29, 1.82) is 5.26 Å². The lowest BCUT2D eigenvalue weighted by Crippen LogP contribution is -2.53. The van der Waals surface area contributed by atoms with Crippen molar-refractivity contribution >= 4 is 5.91 Å². The molecule has 1 atom stereocenters. The molecule has 0 aromatic carbocycles. The summed E-state index contributed by atoms with van der Waals surface area (Å²) in [5.74, 6) is 0.0590. The highest BCUT2D eigenvalue weighted by Crippen LogP contribution is 2.05. The van der Waals surface area contributed by atoms with Crippen LogP contribution in [0.15, 0.2) is 0 Å². The number of likely N-dealkylation sites (N-methyl/N-ethyl adjacent to an activating group) is 1. The maximum atomic E-state index is 11.4. The molecule has 0 spiro atoms. The number of nitrogens with zero attached hydrogens (tertiary/aromatic N) is 3. The summed E-state index contributed by atoms with van der Waals surface area (Å²) in [6, 6.07) is 2.07. The number of nitrogens with one attached hydrogen (secondary N) is 1. The Morgan fingerprint density at radius 1 is 1.47 bits per heavy atom. The number of hydrogen-bond acceptors (Lipinski definition) is 4. The second kappa shape index (κ2) is 5.69. The Bertz CT molecular complexity index is 253. The average Bonchev–Trinajstić information content (AvgIpc) is 2.28. The van der Waals surface area contributed by atoms with Crippen LogP contribution in [0.1, 0.15) is 6.92 Å². The number of hydrogen-bond donors (Lipinski definition) is 1. The van der Waals surface area contributed by atoms with Crippen molar-refractivity contribution in [2.75, 3.05) is 39.8 Å². The van der Waals surface area contributed by atoms with Crippen molar-refractivity contribution in [2.45, 2.75) is 13.0 Å². The summed E-state index contributed by atoms with van der Waals surface area (Å²) in [7, 11) is 1.66. The Labute approximate surface area is 90.6 Å². The highest BCUT2D eigenvalue weighted by molar-refractivity contribution is 5.80. The molecule has 1 heterocycles. The Morgan fingerprint density at radius 3 is 2.53 bits per heavy atom. The monoisotopic (exact) mass is 210 g/mol. The average molecular weight is 210 g/mol. The first kappa shape index (κ1) is 12.0. The topological polar surface area (TPSA) is 59.4 Å². The van der Waals surface area contributed by atoms with Crippen molar-refractivity contribution in [1.82, 2.24) is 15.1 Å². The lowest BCUT2D eigenvalue weighted by molar-refractivity contribution is -0.126. The molecule has 0 saturated carbocycles. The van der Waals surface area contributed by atoms with Gasteiger partial charge in [0.05, 0.1) is 18.7 Å². The van der Waals surface area contributed by atoms with Gasteiger partial charge in [0.1, 0.15) is 0 Å². The van der Waals surface area contributed by atoms with Crippen molar-refractivity contribution in [3.63, 3.8) is 0 Å². The minimum absolute atomic E-state index is 0.0590. The molecule has 1 aliphatic heterocycles. The molecule has 15 heavy (non-hydrogen) atoms. The van der Waals surface area contributed by atoms with Crippen molar-refractivity contribution in [3.8, 4) is 6.07 Å². The number of nitriles is 1. The van der Waals surface area contributed by atoms with Crippen LogP contribution in [0.4, 0.5) is 0 Å². The molecule has 1 rings (SSSR count). The highest BCUT2D eigenvalue weighted by Gasteiger charge is 2.24. The fourth-order valence-corrected chi connectivity index (χ4v) is 1.78. The van der Waals surface area contributed by atoms with E-state index < -0.39 is 0 Å². The van der Waals surface area contributed by atoms with Crippen LogP contribution >= 0.6 is 0 Å². The minimum Gasteiger partial charge on any atom is -0.358 e. The molecule has 1 unspecified atom stereocenters. The third-order valence-electron chi connectivity index (χ3n) is 2.87. The van der Waals surface area contributed by atoms with Crippen LogP contribution in [0.3, 0.4) is 0 Å². The molecule has 5 nitrogen and oxygen atoms in total. The van der Waals surface area contributed by atoms with Gasteiger partial charge in [-0.2, -0.15) is 5.26 Å². The summed E-state index contributed by atoms with van der Waals surface area (Å²) in [4.78, 5) is 15.6.